The molecule has 0 saturated heterocycles. The molecule has 0 unspecified atom stereocenters. The Labute approximate surface area is 285 Å². The Morgan fingerprint density at radius 1 is 0.245 bits per heavy atom. The second-order valence-corrected chi connectivity index (χ2v) is 15.5. The van der Waals surface area contributed by atoms with Gasteiger partial charge in [-0.2, -0.15) is 0 Å². The molecule has 10 aromatic rings. The Bertz CT molecular complexity index is 2930. The molecular weight excluding hydrogens is 608 g/mol. The van der Waals surface area contributed by atoms with Crippen LogP contribution in [-0.4, -0.2) is 0 Å². The van der Waals surface area contributed by atoms with Gasteiger partial charge in [-0.15, -0.1) is 0 Å². The molecule has 49 heavy (non-hydrogen) atoms. The Hall–Kier alpha value is -5.81. The summed E-state index contributed by atoms with van der Waals surface area (Å²) in [5.74, 6) is 0. The van der Waals surface area contributed by atoms with Crippen LogP contribution in [0.15, 0.2) is 176 Å². The third kappa shape index (κ3) is 3.96. The lowest BCUT2D eigenvalue weighted by molar-refractivity contribution is 1.70. The van der Waals surface area contributed by atoms with Crippen molar-refractivity contribution in [3.8, 4) is 22.3 Å². The van der Waals surface area contributed by atoms with E-state index in [4.69, 9.17) is 0 Å². The summed E-state index contributed by atoms with van der Waals surface area (Å²) in [6.07, 6.45) is 0. The SMILES string of the molecule is c1ccc2c(c1)-c1cccc3c1c-2cc1c2ccccc2c2cc(P(c4ccc5ccccc5c4)c4ccc5ccccc5c4)ccc2c31. The van der Waals surface area contributed by atoms with Gasteiger partial charge in [0.2, 0.25) is 0 Å². The van der Waals surface area contributed by atoms with Crippen molar-refractivity contribution in [1.82, 2.24) is 0 Å². The topological polar surface area (TPSA) is 0 Å². The van der Waals surface area contributed by atoms with Crippen molar-refractivity contribution in [3.05, 3.63) is 176 Å². The molecule has 0 bridgehead atoms. The summed E-state index contributed by atoms with van der Waals surface area (Å²) in [7, 11) is -0.831. The van der Waals surface area contributed by atoms with Crippen LogP contribution in [0.25, 0.3) is 86.9 Å². The van der Waals surface area contributed by atoms with E-state index in [1.807, 2.05) is 0 Å². The highest BCUT2D eigenvalue weighted by atomic mass is 31.1. The number of hydrogen-bond donors (Lipinski definition) is 0. The van der Waals surface area contributed by atoms with Gasteiger partial charge in [0.25, 0.3) is 0 Å². The van der Waals surface area contributed by atoms with Crippen LogP contribution in [0.4, 0.5) is 0 Å². The maximum atomic E-state index is 2.52. The van der Waals surface area contributed by atoms with E-state index in [2.05, 4.69) is 176 Å². The Kier molecular flexibility index (Phi) is 5.74. The third-order valence-corrected chi connectivity index (χ3v) is 13.1. The Morgan fingerprint density at radius 3 is 1.45 bits per heavy atom. The third-order valence-electron chi connectivity index (χ3n) is 10.7. The van der Waals surface area contributed by atoms with Crippen LogP contribution in [0.2, 0.25) is 0 Å². The summed E-state index contributed by atoms with van der Waals surface area (Å²) in [5.41, 5.74) is 5.38. The van der Waals surface area contributed by atoms with Crippen molar-refractivity contribution >= 4 is 88.5 Å². The van der Waals surface area contributed by atoms with E-state index >= 15 is 0 Å². The van der Waals surface area contributed by atoms with Gasteiger partial charge in [0.05, 0.1) is 0 Å². The molecule has 10 aromatic carbocycles. The van der Waals surface area contributed by atoms with Crippen LogP contribution in [0.1, 0.15) is 0 Å². The molecule has 0 spiro atoms. The predicted molar refractivity (Wildman–Crippen MR) is 215 cm³/mol. The molecule has 0 nitrogen and oxygen atoms in total. The van der Waals surface area contributed by atoms with Gasteiger partial charge < -0.3 is 0 Å². The first-order chi connectivity index (χ1) is 24.3. The lowest BCUT2D eigenvalue weighted by Gasteiger charge is -2.22. The fourth-order valence-corrected chi connectivity index (χ4v) is 10.9. The smallest absolute Gasteiger partial charge is 0.00197 e. The summed E-state index contributed by atoms with van der Waals surface area (Å²) in [6, 6.07) is 66.3. The van der Waals surface area contributed by atoms with Gasteiger partial charge in [-0.05, 0) is 135 Å². The highest BCUT2D eigenvalue weighted by molar-refractivity contribution is 7.79. The molecule has 0 aromatic heterocycles. The minimum Gasteiger partial charge on any atom is -0.0616 e. The average Bonchev–Trinajstić information content (AvgIpc) is 3.49. The van der Waals surface area contributed by atoms with Crippen molar-refractivity contribution in [1.29, 1.82) is 0 Å². The van der Waals surface area contributed by atoms with E-state index in [-0.39, 0.29) is 0 Å². The van der Waals surface area contributed by atoms with Crippen molar-refractivity contribution in [2.45, 2.75) is 0 Å². The highest BCUT2D eigenvalue weighted by Gasteiger charge is 2.25. The zero-order valence-corrected chi connectivity index (χ0v) is 27.6. The molecule has 0 saturated carbocycles. The molecule has 0 amide bonds. The zero-order valence-electron chi connectivity index (χ0n) is 26.7. The van der Waals surface area contributed by atoms with Gasteiger partial charge >= 0.3 is 0 Å². The number of hydrogen-bond acceptors (Lipinski definition) is 0. The quantitative estimate of drug-likeness (QED) is 0.134. The molecule has 0 radical (unpaired) electrons. The summed E-state index contributed by atoms with van der Waals surface area (Å²) in [4.78, 5) is 0. The average molecular weight is 637 g/mol. The number of fused-ring (bicyclic) bond motifs is 12. The molecule has 0 aliphatic heterocycles. The summed E-state index contributed by atoms with van der Waals surface area (Å²) >= 11 is 0. The molecule has 0 heterocycles. The van der Waals surface area contributed by atoms with E-state index in [0.717, 1.165) is 0 Å². The molecule has 0 fully saturated rings. The van der Waals surface area contributed by atoms with Crippen molar-refractivity contribution in [3.63, 3.8) is 0 Å². The fourth-order valence-electron chi connectivity index (χ4n) is 8.52. The predicted octanol–water partition coefficient (Wildman–Crippen LogP) is 12.0. The second kappa shape index (κ2) is 10.3. The van der Waals surface area contributed by atoms with Crippen molar-refractivity contribution in [2.24, 2.45) is 0 Å². The fraction of sp³-hybridized carbons (Fsp3) is 0. The molecular formula is C48H29P. The van der Waals surface area contributed by atoms with Crippen molar-refractivity contribution in [2.75, 3.05) is 0 Å². The van der Waals surface area contributed by atoms with Crippen LogP contribution in [0, 0.1) is 0 Å². The first-order valence-corrected chi connectivity index (χ1v) is 18.4. The Balaban J connectivity index is 1.23. The van der Waals surface area contributed by atoms with E-state index < -0.39 is 7.92 Å². The standard InChI is InChI=1S/C48H29P/c1-3-12-32-26-34(22-20-30(32)10-1)49(35-23-21-31-11-2-4-13-33(31)27-35)36-24-25-42-44(28-36)38-15-6-8-17-40(38)46-29-45-39-16-7-5-14-37(39)41-18-9-19-43(47(41)45)48(42)46/h1-29H. The zero-order chi connectivity index (χ0) is 32.1. The van der Waals surface area contributed by atoms with E-state index in [1.165, 1.54) is 103 Å². The van der Waals surface area contributed by atoms with Crippen LogP contribution in [-0.2, 0) is 0 Å². The van der Waals surface area contributed by atoms with E-state index in [1.54, 1.807) is 0 Å². The second-order valence-electron chi connectivity index (χ2n) is 13.3. The minimum atomic E-state index is -0.831. The Morgan fingerprint density at radius 2 is 0.755 bits per heavy atom. The molecule has 11 rings (SSSR count). The summed E-state index contributed by atoms with van der Waals surface area (Å²) in [5, 5.41) is 19.9. The van der Waals surface area contributed by atoms with Gasteiger partial charge in [0.15, 0.2) is 0 Å². The van der Waals surface area contributed by atoms with Crippen LogP contribution < -0.4 is 15.9 Å². The van der Waals surface area contributed by atoms with Gasteiger partial charge in [-0.25, -0.2) is 0 Å². The van der Waals surface area contributed by atoms with Gasteiger partial charge in [-0.1, -0.05) is 152 Å². The van der Waals surface area contributed by atoms with Crippen LogP contribution >= 0.6 is 7.92 Å². The molecule has 1 aliphatic rings. The monoisotopic (exact) mass is 636 g/mol. The van der Waals surface area contributed by atoms with Crippen LogP contribution in [0.3, 0.4) is 0 Å². The van der Waals surface area contributed by atoms with E-state index in [0.29, 0.717) is 0 Å². The number of rotatable bonds is 3. The normalized spacial score (nSPS) is 12.3. The van der Waals surface area contributed by atoms with Gasteiger partial charge in [-0.3, -0.25) is 0 Å². The largest absolute Gasteiger partial charge is 0.0616 e. The lowest BCUT2D eigenvalue weighted by atomic mass is 9.89. The summed E-state index contributed by atoms with van der Waals surface area (Å²) in [6.45, 7) is 0. The molecule has 0 atom stereocenters. The first kappa shape index (κ1) is 27.2. The van der Waals surface area contributed by atoms with Gasteiger partial charge in [0, 0.05) is 0 Å². The van der Waals surface area contributed by atoms with Crippen LogP contribution in [0.5, 0.6) is 0 Å². The lowest BCUT2D eigenvalue weighted by Crippen LogP contribution is -2.20. The highest BCUT2D eigenvalue weighted by Crippen LogP contribution is 2.51. The van der Waals surface area contributed by atoms with E-state index in [9.17, 15) is 0 Å². The molecule has 1 heteroatoms. The molecule has 1 aliphatic carbocycles. The van der Waals surface area contributed by atoms with Crippen molar-refractivity contribution < 1.29 is 0 Å². The minimum absolute atomic E-state index is 0.831. The first-order valence-electron chi connectivity index (χ1n) is 17.0. The van der Waals surface area contributed by atoms with Gasteiger partial charge in [0.1, 0.15) is 0 Å². The maximum absolute atomic E-state index is 2.52. The number of benzene rings is 10. The molecule has 226 valence electrons. The molecule has 0 N–H and O–H groups in total. The maximum Gasteiger partial charge on any atom is -0.00197 e. The summed E-state index contributed by atoms with van der Waals surface area (Å²) < 4.78 is 0.